The van der Waals surface area contributed by atoms with Gasteiger partial charge in [0.15, 0.2) is 0 Å². The van der Waals surface area contributed by atoms with Crippen molar-refractivity contribution in [2.75, 3.05) is 0 Å². The van der Waals surface area contributed by atoms with Gasteiger partial charge in [-0.3, -0.25) is 0 Å². The molecule has 1 aromatic rings. The zero-order valence-electron chi connectivity index (χ0n) is 8.81. The SMILES string of the molecule is N#Cc1ccc(Br)cc1OC(C(F)(F)F)C(F)(F)F. The first-order chi connectivity index (χ1) is 8.55. The number of halogens is 7. The third kappa shape index (κ3) is 4.02. The van der Waals surface area contributed by atoms with Gasteiger partial charge in [0.1, 0.15) is 11.8 Å². The lowest BCUT2D eigenvalue weighted by molar-refractivity contribution is -0.299. The highest BCUT2D eigenvalue weighted by Gasteiger charge is 2.59. The number of nitriles is 1. The van der Waals surface area contributed by atoms with E-state index >= 15 is 0 Å². The molecule has 0 N–H and O–H groups in total. The van der Waals surface area contributed by atoms with Gasteiger partial charge in [0.2, 0.25) is 0 Å². The van der Waals surface area contributed by atoms with E-state index < -0.39 is 29.8 Å². The number of alkyl halides is 6. The van der Waals surface area contributed by atoms with Crippen LogP contribution in [0, 0.1) is 11.3 Å². The van der Waals surface area contributed by atoms with Gasteiger partial charge in [-0.05, 0) is 18.2 Å². The number of nitrogens with zero attached hydrogens (tertiary/aromatic N) is 1. The van der Waals surface area contributed by atoms with Gasteiger partial charge in [-0.25, -0.2) is 0 Å². The molecular weight excluding hydrogens is 344 g/mol. The summed E-state index contributed by atoms with van der Waals surface area (Å²) >= 11 is 2.86. The lowest BCUT2D eigenvalue weighted by atomic mass is 10.2. The average Bonchev–Trinajstić information content (AvgIpc) is 2.23. The minimum atomic E-state index is -5.63. The Bertz CT molecular complexity index is 490. The average molecular weight is 348 g/mol. The molecule has 0 radical (unpaired) electrons. The van der Waals surface area contributed by atoms with Crippen LogP contribution in [0.3, 0.4) is 0 Å². The Morgan fingerprint density at radius 3 is 2.05 bits per heavy atom. The first-order valence-corrected chi connectivity index (χ1v) is 5.34. The summed E-state index contributed by atoms with van der Waals surface area (Å²) in [5.74, 6) is -0.795. The standard InChI is InChI=1S/C10H4BrF6NO/c11-6-2-1-5(4-18)7(3-6)19-8(9(12,13)14)10(15,16)17/h1-3,8H. The predicted molar refractivity (Wildman–Crippen MR) is 55.4 cm³/mol. The number of hydrogen-bond acceptors (Lipinski definition) is 2. The number of rotatable bonds is 2. The Morgan fingerprint density at radius 1 is 1.11 bits per heavy atom. The van der Waals surface area contributed by atoms with E-state index in [2.05, 4.69) is 20.7 Å². The molecule has 0 aromatic heterocycles. The molecule has 0 amide bonds. The minimum Gasteiger partial charge on any atom is -0.470 e. The van der Waals surface area contributed by atoms with Crippen LogP contribution >= 0.6 is 15.9 Å². The molecule has 9 heteroatoms. The van der Waals surface area contributed by atoms with Crippen molar-refractivity contribution in [2.24, 2.45) is 0 Å². The van der Waals surface area contributed by atoms with Crippen molar-refractivity contribution in [3.05, 3.63) is 28.2 Å². The number of ether oxygens (including phenoxy) is 1. The second-order valence-electron chi connectivity index (χ2n) is 3.33. The number of hydrogen-bond donors (Lipinski definition) is 0. The first-order valence-electron chi connectivity index (χ1n) is 4.55. The molecule has 1 aromatic carbocycles. The molecule has 1 rings (SSSR count). The Balaban J connectivity index is 3.18. The second kappa shape index (κ2) is 5.28. The summed E-state index contributed by atoms with van der Waals surface area (Å²) in [4.78, 5) is 0. The summed E-state index contributed by atoms with van der Waals surface area (Å²) in [6.07, 6.45) is -15.2. The van der Waals surface area contributed by atoms with Crippen molar-refractivity contribution in [1.82, 2.24) is 0 Å². The maximum Gasteiger partial charge on any atom is 0.434 e. The fraction of sp³-hybridized carbons (Fsp3) is 0.300. The molecule has 0 heterocycles. The zero-order chi connectivity index (χ0) is 14.8. The highest BCUT2D eigenvalue weighted by molar-refractivity contribution is 9.10. The Hall–Kier alpha value is -1.43. The first kappa shape index (κ1) is 15.6. The van der Waals surface area contributed by atoms with Gasteiger partial charge in [-0.15, -0.1) is 0 Å². The maximum atomic E-state index is 12.3. The highest BCUT2D eigenvalue weighted by atomic mass is 79.9. The van der Waals surface area contributed by atoms with Crippen LogP contribution in [-0.4, -0.2) is 18.5 Å². The van der Waals surface area contributed by atoms with Crippen LogP contribution in [0.15, 0.2) is 22.7 Å². The van der Waals surface area contributed by atoms with E-state index in [4.69, 9.17) is 5.26 Å². The van der Waals surface area contributed by atoms with Crippen LogP contribution in [0.2, 0.25) is 0 Å². The predicted octanol–water partition coefficient (Wildman–Crippen LogP) is 4.19. The molecule has 0 saturated heterocycles. The molecule has 0 saturated carbocycles. The topological polar surface area (TPSA) is 33.0 Å². The zero-order valence-corrected chi connectivity index (χ0v) is 10.4. The smallest absolute Gasteiger partial charge is 0.434 e. The molecule has 0 aliphatic heterocycles. The maximum absolute atomic E-state index is 12.3. The van der Waals surface area contributed by atoms with Gasteiger partial charge >= 0.3 is 12.4 Å². The van der Waals surface area contributed by atoms with Crippen LogP contribution in [0.1, 0.15) is 5.56 Å². The quantitative estimate of drug-likeness (QED) is 0.751. The van der Waals surface area contributed by atoms with E-state index in [1.54, 1.807) is 0 Å². The van der Waals surface area contributed by atoms with Gasteiger partial charge in [0.05, 0.1) is 5.56 Å². The Kier molecular flexibility index (Phi) is 4.35. The lowest BCUT2D eigenvalue weighted by Gasteiger charge is -2.24. The summed E-state index contributed by atoms with van der Waals surface area (Å²) in [6, 6.07) is 4.65. The van der Waals surface area contributed by atoms with Crippen LogP contribution < -0.4 is 4.74 Å². The molecule has 0 fully saturated rings. The van der Waals surface area contributed by atoms with Crippen LogP contribution in [-0.2, 0) is 0 Å². The van der Waals surface area contributed by atoms with Gasteiger partial charge < -0.3 is 4.74 Å². The van der Waals surface area contributed by atoms with Crippen molar-refractivity contribution >= 4 is 15.9 Å². The molecule has 0 bridgehead atoms. The van der Waals surface area contributed by atoms with Crippen molar-refractivity contribution in [1.29, 1.82) is 5.26 Å². The minimum absolute atomic E-state index is 0.185. The van der Waals surface area contributed by atoms with Crippen LogP contribution in [0.25, 0.3) is 0 Å². The second-order valence-corrected chi connectivity index (χ2v) is 4.25. The van der Waals surface area contributed by atoms with E-state index in [9.17, 15) is 26.3 Å². The monoisotopic (exact) mass is 347 g/mol. The molecule has 2 nitrogen and oxygen atoms in total. The number of benzene rings is 1. The Labute approximate surface area is 111 Å². The summed E-state index contributed by atoms with van der Waals surface area (Å²) in [5, 5.41) is 8.62. The highest BCUT2D eigenvalue weighted by Crippen LogP contribution is 2.37. The van der Waals surface area contributed by atoms with Crippen molar-refractivity contribution < 1.29 is 31.1 Å². The van der Waals surface area contributed by atoms with Gasteiger partial charge in [-0.1, -0.05) is 15.9 Å². The Morgan fingerprint density at radius 2 is 1.63 bits per heavy atom. The van der Waals surface area contributed by atoms with Crippen molar-refractivity contribution in [2.45, 2.75) is 18.5 Å². The summed E-state index contributed by atoms with van der Waals surface area (Å²) in [6.45, 7) is 0. The summed E-state index contributed by atoms with van der Waals surface area (Å²) in [5.41, 5.74) is -0.429. The molecule has 0 spiro atoms. The van der Waals surface area contributed by atoms with Crippen molar-refractivity contribution in [3.63, 3.8) is 0 Å². The van der Waals surface area contributed by atoms with E-state index in [1.807, 2.05) is 0 Å². The van der Waals surface area contributed by atoms with Crippen LogP contribution in [0.4, 0.5) is 26.3 Å². The van der Waals surface area contributed by atoms with Crippen LogP contribution in [0.5, 0.6) is 5.75 Å². The fourth-order valence-corrected chi connectivity index (χ4v) is 1.47. The summed E-state index contributed by atoms with van der Waals surface area (Å²) in [7, 11) is 0. The largest absolute Gasteiger partial charge is 0.470 e. The third-order valence-electron chi connectivity index (χ3n) is 1.90. The molecule has 104 valence electrons. The molecular formula is C10H4BrF6NO. The molecule has 0 aliphatic carbocycles. The molecule has 0 atom stereocenters. The molecule has 0 aliphatic rings. The summed E-state index contributed by atoms with van der Waals surface area (Å²) < 4.78 is 77.9. The normalized spacial score (nSPS) is 12.4. The van der Waals surface area contributed by atoms with E-state index in [0.29, 0.717) is 0 Å². The molecule has 19 heavy (non-hydrogen) atoms. The van der Waals surface area contributed by atoms with Gasteiger partial charge in [-0.2, -0.15) is 31.6 Å². The van der Waals surface area contributed by atoms with E-state index in [0.717, 1.165) is 12.1 Å². The van der Waals surface area contributed by atoms with Gasteiger partial charge in [0, 0.05) is 4.47 Å². The van der Waals surface area contributed by atoms with E-state index in [1.165, 1.54) is 12.1 Å². The lowest BCUT2D eigenvalue weighted by Crippen LogP contribution is -2.46. The third-order valence-corrected chi connectivity index (χ3v) is 2.40. The molecule has 0 unspecified atom stereocenters. The van der Waals surface area contributed by atoms with Gasteiger partial charge in [0.25, 0.3) is 6.10 Å². The van der Waals surface area contributed by atoms with E-state index in [-0.39, 0.29) is 4.47 Å². The van der Waals surface area contributed by atoms with Crippen molar-refractivity contribution in [3.8, 4) is 11.8 Å². The fourth-order valence-electron chi connectivity index (χ4n) is 1.13.